The lowest BCUT2D eigenvalue weighted by atomic mass is 9.97. The van der Waals surface area contributed by atoms with Crippen LogP contribution in [0, 0.1) is 12.8 Å². The van der Waals surface area contributed by atoms with E-state index in [4.69, 9.17) is 0 Å². The minimum atomic E-state index is -3.60. The van der Waals surface area contributed by atoms with E-state index in [0.29, 0.717) is 38.3 Å². The van der Waals surface area contributed by atoms with Crippen molar-refractivity contribution in [2.24, 2.45) is 13.0 Å². The van der Waals surface area contributed by atoms with Crippen LogP contribution < -0.4 is 5.32 Å². The van der Waals surface area contributed by atoms with Crippen LogP contribution in [-0.2, 0) is 34.8 Å². The highest BCUT2D eigenvalue weighted by atomic mass is 32.2. The number of nitrogens with one attached hydrogen (secondary N) is 1. The van der Waals surface area contributed by atoms with Gasteiger partial charge in [-0.1, -0.05) is 0 Å². The molecule has 0 radical (unpaired) electrons. The molecular weight excluding hydrogens is 422 g/mol. The summed E-state index contributed by atoms with van der Waals surface area (Å²) < 4.78 is 28.7. The highest BCUT2D eigenvalue weighted by molar-refractivity contribution is 7.89. The van der Waals surface area contributed by atoms with Crippen LogP contribution in [0.3, 0.4) is 0 Å². The van der Waals surface area contributed by atoms with Gasteiger partial charge in [0.1, 0.15) is 5.82 Å². The van der Waals surface area contributed by atoms with Crippen LogP contribution >= 0.6 is 11.3 Å². The molecule has 164 valence electrons. The molecule has 0 aromatic carbocycles. The van der Waals surface area contributed by atoms with Crippen LogP contribution in [0.4, 0.5) is 0 Å². The van der Waals surface area contributed by atoms with Crippen molar-refractivity contribution >= 4 is 27.3 Å². The van der Waals surface area contributed by atoms with E-state index in [0.717, 1.165) is 26.1 Å². The number of aryl methyl sites for hydroxylation is 2. The smallest absolute Gasteiger partial charge is 0.262 e. The lowest BCUT2D eigenvalue weighted by molar-refractivity contribution is -0.126. The number of piperidine rings is 1. The number of rotatable bonds is 6. The number of imidazole rings is 1. The van der Waals surface area contributed by atoms with E-state index in [1.165, 1.54) is 14.7 Å². The van der Waals surface area contributed by atoms with Gasteiger partial charge in [0.25, 0.3) is 10.0 Å². The fourth-order valence-electron chi connectivity index (χ4n) is 4.12. The second kappa shape index (κ2) is 8.78. The summed E-state index contributed by atoms with van der Waals surface area (Å²) in [6, 6.07) is 2.19. The average Bonchev–Trinajstić information content (AvgIpc) is 3.34. The third-order valence-electron chi connectivity index (χ3n) is 6.13. The van der Waals surface area contributed by atoms with Gasteiger partial charge in [-0.15, -0.1) is 11.3 Å². The zero-order valence-electron chi connectivity index (χ0n) is 17.5. The van der Waals surface area contributed by atoms with Crippen LogP contribution in [0.5, 0.6) is 0 Å². The normalized spacial score (nSPS) is 19.0. The molecule has 0 saturated carbocycles. The highest BCUT2D eigenvalue weighted by Crippen LogP contribution is 2.25. The Morgan fingerprint density at radius 1 is 1.30 bits per heavy atom. The van der Waals surface area contributed by atoms with Crippen molar-refractivity contribution in [1.29, 1.82) is 0 Å². The number of thiophene rings is 1. The summed E-state index contributed by atoms with van der Waals surface area (Å²) in [7, 11) is -1.82. The first-order valence-electron chi connectivity index (χ1n) is 10.4. The van der Waals surface area contributed by atoms with E-state index in [-0.39, 0.29) is 16.9 Å². The zero-order valence-corrected chi connectivity index (χ0v) is 19.1. The largest absolute Gasteiger partial charge is 0.355 e. The third-order valence-corrected chi connectivity index (χ3v) is 8.92. The van der Waals surface area contributed by atoms with Gasteiger partial charge < -0.3 is 9.88 Å². The number of amides is 1. The Hall–Kier alpha value is -1.75. The van der Waals surface area contributed by atoms with Gasteiger partial charge >= 0.3 is 0 Å². The van der Waals surface area contributed by atoms with Gasteiger partial charge in [-0.3, -0.25) is 9.69 Å². The molecule has 0 unspecified atom stereocenters. The third kappa shape index (κ3) is 4.46. The summed E-state index contributed by atoms with van der Waals surface area (Å²) in [5.41, 5.74) is 1.41. The lowest BCUT2D eigenvalue weighted by Crippen LogP contribution is -2.44. The summed E-state index contributed by atoms with van der Waals surface area (Å²) in [6.45, 7) is 5.94. The predicted octanol–water partition coefficient (Wildman–Crippen LogP) is 1.37. The fourth-order valence-corrected chi connectivity index (χ4v) is 6.51. The van der Waals surface area contributed by atoms with E-state index in [2.05, 4.69) is 26.6 Å². The number of hydrogen-bond acceptors (Lipinski definition) is 6. The Morgan fingerprint density at radius 2 is 2.07 bits per heavy atom. The summed E-state index contributed by atoms with van der Waals surface area (Å²) in [5, 5.41) is 5.29. The molecule has 4 heterocycles. The number of aromatic nitrogens is 2. The summed E-state index contributed by atoms with van der Waals surface area (Å²) in [4.78, 5) is 20.6. The quantitative estimate of drug-likeness (QED) is 0.717. The summed E-state index contributed by atoms with van der Waals surface area (Å²) in [6.07, 6.45) is 3.71. The van der Waals surface area contributed by atoms with E-state index >= 15 is 0 Å². The molecule has 1 fully saturated rings. The maximum atomic E-state index is 12.8. The van der Waals surface area contributed by atoms with Gasteiger partial charge in [0.05, 0.1) is 0 Å². The predicted molar refractivity (Wildman–Crippen MR) is 116 cm³/mol. The topological polar surface area (TPSA) is 87.5 Å². The van der Waals surface area contributed by atoms with Crippen molar-refractivity contribution in [3.63, 3.8) is 0 Å². The molecule has 30 heavy (non-hydrogen) atoms. The van der Waals surface area contributed by atoms with Crippen LogP contribution in [0.15, 0.2) is 22.7 Å². The average molecular weight is 452 g/mol. The number of hydrogen-bond donors (Lipinski definition) is 1. The molecule has 0 bridgehead atoms. The van der Waals surface area contributed by atoms with Gasteiger partial charge in [0.15, 0.2) is 5.03 Å². The van der Waals surface area contributed by atoms with Crippen LogP contribution in [-0.4, -0.2) is 65.8 Å². The van der Waals surface area contributed by atoms with Crippen molar-refractivity contribution < 1.29 is 13.2 Å². The first-order chi connectivity index (χ1) is 14.3. The second-order valence-electron chi connectivity index (χ2n) is 8.10. The molecule has 2 aromatic rings. The number of sulfonamides is 1. The molecule has 0 spiro atoms. The lowest BCUT2D eigenvalue weighted by Gasteiger charge is -2.30. The molecular formula is C20H29N5O3S2. The highest BCUT2D eigenvalue weighted by Gasteiger charge is 2.33. The standard InChI is InChI=1S/C20H29N5O3S2/c1-15-22-19(14-23(15)2)30(27,28)25-9-3-16(4-10-25)20(26)21-7-11-24-8-5-18-17(13-24)6-12-29-18/h6,12,14,16H,3-5,7-11,13H2,1-2H3,(H,21,26). The number of fused-ring (bicyclic) bond motifs is 1. The van der Waals surface area contributed by atoms with Crippen LogP contribution in [0.1, 0.15) is 29.1 Å². The molecule has 2 aromatic heterocycles. The molecule has 1 saturated heterocycles. The first kappa shape index (κ1) is 21.5. The van der Waals surface area contributed by atoms with Crippen LogP contribution in [0.2, 0.25) is 0 Å². The van der Waals surface area contributed by atoms with E-state index in [1.54, 1.807) is 24.7 Å². The van der Waals surface area contributed by atoms with Crippen molar-refractivity contribution in [3.05, 3.63) is 33.9 Å². The van der Waals surface area contributed by atoms with Crippen molar-refractivity contribution in [1.82, 2.24) is 24.1 Å². The van der Waals surface area contributed by atoms with E-state index < -0.39 is 10.0 Å². The molecule has 2 aliphatic heterocycles. The maximum Gasteiger partial charge on any atom is 0.262 e. The molecule has 4 rings (SSSR count). The second-order valence-corrected chi connectivity index (χ2v) is 11.0. The molecule has 0 aliphatic carbocycles. The van der Waals surface area contributed by atoms with Crippen molar-refractivity contribution in [2.45, 2.75) is 37.8 Å². The fraction of sp³-hybridized carbons (Fsp3) is 0.600. The Bertz CT molecular complexity index is 986. The Morgan fingerprint density at radius 3 is 2.77 bits per heavy atom. The monoisotopic (exact) mass is 451 g/mol. The maximum absolute atomic E-state index is 12.8. The SMILES string of the molecule is Cc1nc(S(=O)(=O)N2CCC(C(=O)NCCN3CCc4sccc4C3)CC2)cn1C. The van der Waals surface area contributed by atoms with Crippen LogP contribution in [0.25, 0.3) is 0 Å². The molecule has 1 amide bonds. The Balaban J connectivity index is 1.22. The molecule has 2 aliphatic rings. The first-order valence-corrected chi connectivity index (χ1v) is 12.7. The Kier molecular flexibility index (Phi) is 6.29. The summed E-state index contributed by atoms with van der Waals surface area (Å²) in [5.74, 6) is 0.562. The van der Waals surface area contributed by atoms with Crippen molar-refractivity contribution in [2.75, 3.05) is 32.7 Å². The zero-order chi connectivity index (χ0) is 21.3. The van der Waals surface area contributed by atoms with E-state index in [9.17, 15) is 13.2 Å². The molecule has 10 heteroatoms. The molecule has 1 N–H and O–H groups in total. The number of carbonyl (C=O) groups excluding carboxylic acids is 1. The minimum absolute atomic E-state index is 0.0361. The molecule has 8 nitrogen and oxygen atoms in total. The minimum Gasteiger partial charge on any atom is -0.355 e. The van der Waals surface area contributed by atoms with E-state index in [1.807, 2.05) is 11.3 Å². The van der Waals surface area contributed by atoms with Crippen molar-refractivity contribution in [3.8, 4) is 0 Å². The summed E-state index contributed by atoms with van der Waals surface area (Å²) >= 11 is 1.83. The molecule has 0 atom stereocenters. The van der Waals surface area contributed by atoms with Gasteiger partial charge in [0, 0.05) is 63.3 Å². The number of carbonyl (C=O) groups is 1. The van der Waals surface area contributed by atoms with Gasteiger partial charge in [-0.05, 0) is 43.2 Å². The number of nitrogens with zero attached hydrogens (tertiary/aromatic N) is 4. The van der Waals surface area contributed by atoms with Gasteiger partial charge in [0.2, 0.25) is 5.91 Å². The van der Waals surface area contributed by atoms with Gasteiger partial charge in [-0.2, -0.15) is 4.31 Å². The Labute approximate surface area is 181 Å². The van der Waals surface area contributed by atoms with Gasteiger partial charge in [-0.25, -0.2) is 13.4 Å².